The number of rotatable bonds is 3. The van der Waals surface area contributed by atoms with E-state index in [0.717, 1.165) is 0 Å². The number of oxime groups is 1. The van der Waals surface area contributed by atoms with E-state index in [1.807, 2.05) is 0 Å². The van der Waals surface area contributed by atoms with Crippen molar-refractivity contribution in [2.45, 2.75) is 0 Å². The summed E-state index contributed by atoms with van der Waals surface area (Å²) in [7, 11) is 0. The van der Waals surface area contributed by atoms with Crippen molar-refractivity contribution >= 4 is 29.0 Å². The largest absolute Gasteiger partial charge is 0.454 e. The molecule has 0 spiro atoms. The van der Waals surface area contributed by atoms with E-state index in [4.69, 9.17) is 38.9 Å². The van der Waals surface area contributed by atoms with Crippen LogP contribution in [0, 0.1) is 0 Å². The van der Waals surface area contributed by atoms with Crippen molar-refractivity contribution in [1.82, 2.24) is 4.98 Å². The van der Waals surface area contributed by atoms with Gasteiger partial charge in [-0.1, -0.05) is 28.4 Å². The van der Waals surface area contributed by atoms with E-state index in [1.165, 1.54) is 6.20 Å². The molecular formula is C12H9Cl2N3O2. The molecule has 2 rings (SSSR count). The van der Waals surface area contributed by atoms with Crippen LogP contribution in [-0.2, 0) is 0 Å². The van der Waals surface area contributed by atoms with Gasteiger partial charge < -0.3 is 15.7 Å². The normalized spacial score (nSPS) is 11.4. The summed E-state index contributed by atoms with van der Waals surface area (Å²) in [5.74, 6) is 0.860. The molecule has 0 aliphatic carbocycles. The summed E-state index contributed by atoms with van der Waals surface area (Å²) in [6.07, 6.45) is 1.44. The minimum Gasteiger partial charge on any atom is -0.454 e. The lowest BCUT2D eigenvalue weighted by Crippen LogP contribution is -2.14. The molecule has 3 N–H and O–H groups in total. The van der Waals surface area contributed by atoms with Gasteiger partial charge in [0.05, 0.1) is 11.2 Å². The number of aromatic nitrogens is 1. The van der Waals surface area contributed by atoms with Crippen molar-refractivity contribution in [3.05, 3.63) is 52.3 Å². The fourth-order valence-corrected chi connectivity index (χ4v) is 1.78. The monoisotopic (exact) mass is 297 g/mol. The molecule has 0 saturated carbocycles. The number of hydrogen-bond acceptors (Lipinski definition) is 4. The highest BCUT2D eigenvalue weighted by atomic mass is 35.5. The maximum atomic E-state index is 8.52. The molecule has 0 aliphatic heterocycles. The van der Waals surface area contributed by atoms with Crippen LogP contribution in [0.1, 0.15) is 5.69 Å². The molecule has 19 heavy (non-hydrogen) atoms. The number of hydrogen-bond donors (Lipinski definition) is 2. The second-order valence-electron chi connectivity index (χ2n) is 3.54. The summed E-state index contributed by atoms with van der Waals surface area (Å²) in [4.78, 5) is 3.98. The van der Waals surface area contributed by atoms with Gasteiger partial charge in [-0.3, -0.25) is 0 Å². The Hall–Kier alpha value is -1.98. The number of halogens is 2. The van der Waals surface area contributed by atoms with Gasteiger partial charge in [0.2, 0.25) is 0 Å². The van der Waals surface area contributed by atoms with Crippen LogP contribution in [0.3, 0.4) is 0 Å². The van der Waals surface area contributed by atoms with Gasteiger partial charge in [-0.25, -0.2) is 4.98 Å². The lowest BCUT2D eigenvalue weighted by molar-refractivity contribution is 0.318. The van der Waals surface area contributed by atoms with E-state index >= 15 is 0 Å². The Morgan fingerprint density at radius 1 is 1.26 bits per heavy atom. The highest BCUT2D eigenvalue weighted by molar-refractivity contribution is 6.35. The van der Waals surface area contributed by atoms with E-state index in [1.54, 1.807) is 30.3 Å². The van der Waals surface area contributed by atoms with Gasteiger partial charge in [-0.05, 0) is 30.3 Å². The summed E-state index contributed by atoms with van der Waals surface area (Å²) >= 11 is 11.8. The molecule has 0 fully saturated rings. The first-order chi connectivity index (χ1) is 9.10. The molecule has 0 unspecified atom stereocenters. The lowest BCUT2D eigenvalue weighted by atomic mass is 10.3. The number of benzene rings is 1. The van der Waals surface area contributed by atoms with Crippen LogP contribution in [0.15, 0.2) is 41.7 Å². The molecule has 7 heteroatoms. The number of amidine groups is 1. The molecule has 1 aromatic heterocycles. The summed E-state index contributed by atoms with van der Waals surface area (Å²) < 4.78 is 5.54. The Bertz CT molecular complexity index is 615. The van der Waals surface area contributed by atoms with Crippen molar-refractivity contribution in [3.63, 3.8) is 0 Å². The average molecular weight is 298 g/mol. The van der Waals surface area contributed by atoms with Gasteiger partial charge in [0.1, 0.15) is 17.2 Å². The molecular weight excluding hydrogens is 289 g/mol. The molecule has 0 radical (unpaired) electrons. The first kappa shape index (κ1) is 13.5. The Kier molecular flexibility index (Phi) is 4.09. The van der Waals surface area contributed by atoms with Crippen LogP contribution in [0.25, 0.3) is 0 Å². The van der Waals surface area contributed by atoms with Gasteiger partial charge in [-0.2, -0.15) is 0 Å². The predicted molar refractivity (Wildman–Crippen MR) is 73.3 cm³/mol. The minimum atomic E-state index is -0.0731. The van der Waals surface area contributed by atoms with E-state index < -0.39 is 0 Å². The minimum absolute atomic E-state index is 0.0731. The topological polar surface area (TPSA) is 80.7 Å². The van der Waals surface area contributed by atoms with Gasteiger partial charge in [0.15, 0.2) is 5.84 Å². The Balaban J connectivity index is 2.20. The summed E-state index contributed by atoms with van der Waals surface area (Å²) in [5.41, 5.74) is 5.74. The van der Waals surface area contributed by atoms with Crippen LogP contribution in [0.4, 0.5) is 0 Å². The zero-order valence-electron chi connectivity index (χ0n) is 9.55. The first-order valence-electron chi connectivity index (χ1n) is 5.17. The van der Waals surface area contributed by atoms with E-state index in [9.17, 15) is 0 Å². The Labute approximate surface area is 119 Å². The quantitative estimate of drug-likeness (QED) is 0.394. The average Bonchev–Trinajstić information content (AvgIpc) is 2.42. The predicted octanol–water partition coefficient (Wildman–Crippen LogP) is 3.28. The van der Waals surface area contributed by atoms with E-state index in [-0.39, 0.29) is 5.84 Å². The third kappa shape index (κ3) is 3.27. The van der Waals surface area contributed by atoms with Gasteiger partial charge in [-0.15, -0.1) is 0 Å². The Morgan fingerprint density at radius 3 is 2.63 bits per heavy atom. The summed E-state index contributed by atoms with van der Waals surface area (Å²) in [5, 5.41) is 12.3. The highest BCUT2D eigenvalue weighted by Crippen LogP contribution is 2.31. The van der Waals surface area contributed by atoms with Crippen molar-refractivity contribution in [3.8, 4) is 11.5 Å². The molecule has 98 valence electrons. The van der Waals surface area contributed by atoms with Crippen molar-refractivity contribution in [2.24, 2.45) is 10.9 Å². The smallest absolute Gasteiger partial charge is 0.188 e. The second kappa shape index (κ2) is 5.77. The molecule has 0 aliphatic rings. The summed E-state index contributed by atoms with van der Waals surface area (Å²) in [6.45, 7) is 0. The molecule has 0 atom stereocenters. The van der Waals surface area contributed by atoms with Gasteiger partial charge >= 0.3 is 0 Å². The molecule has 5 nitrogen and oxygen atoms in total. The second-order valence-corrected chi connectivity index (χ2v) is 4.38. The number of pyridine rings is 1. The lowest BCUT2D eigenvalue weighted by Gasteiger charge is -2.07. The molecule has 1 heterocycles. The zero-order valence-corrected chi connectivity index (χ0v) is 11.1. The molecule has 0 saturated heterocycles. The number of nitrogens with two attached hydrogens (primary N) is 1. The SMILES string of the molecule is N/C(=N/O)c1ccc(Oc2ccc(Cl)cc2Cl)cn1. The molecule has 0 amide bonds. The standard InChI is InChI=1S/C12H9Cl2N3O2/c13-7-1-4-11(9(14)5-7)19-8-2-3-10(16-6-8)12(15)17-18/h1-6,18H,(H2,15,17). The highest BCUT2D eigenvalue weighted by Gasteiger charge is 2.06. The first-order valence-corrected chi connectivity index (χ1v) is 5.92. The Morgan fingerprint density at radius 2 is 2.05 bits per heavy atom. The molecule has 2 aromatic rings. The summed E-state index contributed by atoms with van der Waals surface area (Å²) in [6, 6.07) is 8.10. The van der Waals surface area contributed by atoms with Gasteiger partial charge in [0.25, 0.3) is 0 Å². The van der Waals surface area contributed by atoms with Crippen molar-refractivity contribution in [2.75, 3.05) is 0 Å². The van der Waals surface area contributed by atoms with E-state index in [2.05, 4.69) is 10.1 Å². The molecule has 1 aromatic carbocycles. The number of ether oxygens (including phenoxy) is 1. The maximum Gasteiger partial charge on any atom is 0.188 e. The van der Waals surface area contributed by atoms with Crippen LogP contribution < -0.4 is 10.5 Å². The van der Waals surface area contributed by atoms with Crippen LogP contribution in [0.5, 0.6) is 11.5 Å². The number of nitrogens with zero attached hydrogens (tertiary/aromatic N) is 2. The maximum absolute atomic E-state index is 8.52. The fourth-order valence-electron chi connectivity index (χ4n) is 1.33. The van der Waals surface area contributed by atoms with Crippen molar-refractivity contribution in [1.29, 1.82) is 0 Å². The molecule has 0 bridgehead atoms. The van der Waals surface area contributed by atoms with Crippen molar-refractivity contribution < 1.29 is 9.94 Å². The van der Waals surface area contributed by atoms with Crippen LogP contribution >= 0.6 is 23.2 Å². The zero-order chi connectivity index (χ0) is 13.8. The van der Waals surface area contributed by atoms with Crippen LogP contribution in [0.2, 0.25) is 10.0 Å². The third-order valence-electron chi connectivity index (χ3n) is 2.23. The van der Waals surface area contributed by atoms with Gasteiger partial charge in [0, 0.05) is 5.02 Å². The van der Waals surface area contributed by atoms with E-state index in [0.29, 0.717) is 27.2 Å². The van der Waals surface area contributed by atoms with Crippen LogP contribution in [-0.4, -0.2) is 16.0 Å². The third-order valence-corrected chi connectivity index (χ3v) is 2.76. The fraction of sp³-hybridized carbons (Fsp3) is 0.